The van der Waals surface area contributed by atoms with E-state index >= 15 is 0 Å². The van der Waals surface area contributed by atoms with Gasteiger partial charge in [-0.3, -0.25) is 9.69 Å². The van der Waals surface area contributed by atoms with Gasteiger partial charge in [0.25, 0.3) is 5.91 Å². The van der Waals surface area contributed by atoms with Crippen molar-refractivity contribution in [2.75, 3.05) is 10.7 Å². The van der Waals surface area contributed by atoms with Crippen molar-refractivity contribution in [1.82, 2.24) is 0 Å². The number of para-hydroxylation sites is 1. The number of amides is 1. The molecule has 0 radical (unpaired) electrons. The second-order valence-corrected chi connectivity index (χ2v) is 7.55. The third-order valence-electron chi connectivity index (χ3n) is 3.83. The van der Waals surface area contributed by atoms with Gasteiger partial charge < -0.3 is 4.74 Å². The summed E-state index contributed by atoms with van der Waals surface area (Å²) in [5.74, 6) is 1.64. The minimum Gasteiger partial charge on any atom is -0.491 e. The summed E-state index contributed by atoms with van der Waals surface area (Å²) in [6, 6.07) is 17.4. The maximum absolute atomic E-state index is 13.0. The second-order valence-electron chi connectivity index (χ2n) is 6.48. The number of hydrogen-bond acceptors (Lipinski definition) is 4. The molecular weight excluding hydrogens is 356 g/mol. The van der Waals surface area contributed by atoms with E-state index in [4.69, 9.17) is 4.74 Å². The van der Waals surface area contributed by atoms with Crippen LogP contribution in [0, 0.1) is 0 Å². The summed E-state index contributed by atoms with van der Waals surface area (Å²) in [5, 5.41) is 0.735. The Labute approximate surface area is 164 Å². The van der Waals surface area contributed by atoms with Crippen LogP contribution in [-0.4, -0.2) is 22.9 Å². The van der Waals surface area contributed by atoms with E-state index < -0.39 is 0 Å². The van der Waals surface area contributed by atoms with Gasteiger partial charge in [-0.2, -0.15) is 0 Å². The topological polar surface area (TPSA) is 41.9 Å². The molecule has 0 N–H and O–H groups in total. The lowest BCUT2D eigenvalue weighted by atomic mass is 10.2. The van der Waals surface area contributed by atoms with Crippen LogP contribution >= 0.6 is 11.8 Å². The summed E-state index contributed by atoms with van der Waals surface area (Å²) < 4.78 is 5.67. The average Bonchev–Trinajstić information content (AvgIpc) is 2.97. The maximum Gasteiger partial charge on any atom is 0.283 e. The van der Waals surface area contributed by atoms with Crippen LogP contribution < -0.4 is 9.64 Å². The quantitative estimate of drug-likeness (QED) is 0.634. The molecule has 2 aromatic rings. The van der Waals surface area contributed by atoms with Gasteiger partial charge in [0.15, 0.2) is 5.17 Å². The molecule has 2 aromatic carbocycles. The first-order valence-corrected chi connectivity index (χ1v) is 10.2. The molecule has 3 rings (SSSR count). The van der Waals surface area contributed by atoms with Crippen molar-refractivity contribution in [1.29, 1.82) is 0 Å². The van der Waals surface area contributed by atoms with Crippen LogP contribution in [0.2, 0.25) is 0 Å². The predicted octanol–water partition coefficient (Wildman–Crippen LogP) is 5.36. The predicted molar refractivity (Wildman–Crippen MR) is 114 cm³/mol. The number of nitrogens with zero attached hydrogens (tertiary/aromatic N) is 2. The Morgan fingerprint density at radius 3 is 2.44 bits per heavy atom. The van der Waals surface area contributed by atoms with Gasteiger partial charge in [0.2, 0.25) is 0 Å². The summed E-state index contributed by atoms with van der Waals surface area (Å²) in [6.45, 7) is 6.11. The fraction of sp³-hybridized carbons (Fsp3) is 0.273. The molecule has 140 valence electrons. The molecule has 0 saturated carbocycles. The molecule has 1 amide bonds. The molecule has 4 nitrogen and oxygen atoms in total. The van der Waals surface area contributed by atoms with Crippen molar-refractivity contribution in [2.45, 2.75) is 33.3 Å². The first-order valence-electron chi connectivity index (χ1n) is 9.18. The SMILES string of the molecule is CCCSC1=N/C(=C/c2ccc(OC(C)C)cc2)C(=O)N1c1ccccc1. The van der Waals surface area contributed by atoms with Gasteiger partial charge in [0.1, 0.15) is 11.4 Å². The van der Waals surface area contributed by atoms with E-state index in [1.54, 1.807) is 16.7 Å². The van der Waals surface area contributed by atoms with Gasteiger partial charge in [-0.1, -0.05) is 49.0 Å². The van der Waals surface area contributed by atoms with Crippen LogP contribution in [0.15, 0.2) is 65.3 Å². The van der Waals surface area contributed by atoms with E-state index in [1.165, 1.54) is 0 Å². The fourth-order valence-electron chi connectivity index (χ4n) is 2.66. The van der Waals surface area contributed by atoms with E-state index in [0.29, 0.717) is 5.70 Å². The number of carbonyl (C=O) groups is 1. The molecule has 0 aliphatic carbocycles. The number of thioether (sulfide) groups is 1. The van der Waals surface area contributed by atoms with Crippen molar-refractivity contribution in [3.8, 4) is 5.75 Å². The van der Waals surface area contributed by atoms with Crippen LogP contribution in [0.5, 0.6) is 5.75 Å². The Morgan fingerprint density at radius 2 is 1.81 bits per heavy atom. The highest BCUT2D eigenvalue weighted by Crippen LogP contribution is 2.29. The zero-order valence-corrected chi connectivity index (χ0v) is 16.7. The van der Waals surface area contributed by atoms with E-state index in [9.17, 15) is 4.79 Å². The lowest BCUT2D eigenvalue weighted by Crippen LogP contribution is -2.30. The highest BCUT2D eigenvalue weighted by Gasteiger charge is 2.31. The Hall–Kier alpha value is -2.53. The first kappa shape index (κ1) is 19.2. The summed E-state index contributed by atoms with van der Waals surface area (Å²) in [4.78, 5) is 19.3. The average molecular weight is 381 g/mol. The van der Waals surface area contributed by atoms with E-state index in [1.807, 2.05) is 74.5 Å². The highest BCUT2D eigenvalue weighted by atomic mass is 32.2. The summed E-state index contributed by atoms with van der Waals surface area (Å²) in [6.07, 6.45) is 2.99. The molecular formula is C22H24N2O2S. The molecule has 0 saturated heterocycles. The normalized spacial score (nSPS) is 15.6. The van der Waals surface area contributed by atoms with E-state index in [0.717, 1.165) is 34.3 Å². The van der Waals surface area contributed by atoms with Crippen LogP contribution in [0.3, 0.4) is 0 Å². The third-order valence-corrected chi connectivity index (χ3v) is 4.98. The number of anilines is 1. The molecule has 1 heterocycles. The lowest BCUT2D eigenvalue weighted by Gasteiger charge is -2.17. The number of amidine groups is 1. The van der Waals surface area contributed by atoms with Gasteiger partial charge in [-0.15, -0.1) is 0 Å². The molecule has 0 spiro atoms. The highest BCUT2D eigenvalue weighted by molar-refractivity contribution is 8.14. The monoisotopic (exact) mass is 380 g/mol. The van der Waals surface area contributed by atoms with Crippen LogP contribution in [0.1, 0.15) is 32.8 Å². The van der Waals surface area contributed by atoms with E-state index in [-0.39, 0.29) is 12.0 Å². The van der Waals surface area contributed by atoms with E-state index in [2.05, 4.69) is 11.9 Å². The molecule has 0 aromatic heterocycles. The number of benzene rings is 2. The Kier molecular flexibility index (Phi) is 6.35. The van der Waals surface area contributed by atoms with Crippen LogP contribution in [0.25, 0.3) is 6.08 Å². The molecule has 1 aliphatic rings. The minimum absolute atomic E-state index is 0.0951. The fourth-order valence-corrected chi connectivity index (χ4v) is 3.53. The maximum atomic E-state index is 13.0. The number of aliphatic imine (C=N–C) groups is 1. The van der Waals surface area contributed by atoms with Crippen molar-refractivity contribution < 1.29 is 9.53 Å². The zero-order chi connectivity index (χ0) is 19.2. The van der Waals surface area contributed by atoms with Crippen LogP contribution in [0.4, 0.5) is 5.69 Å². The van der Waals surface area contributed by atoms with Gasteiger partial charge >= 0.3 is 0 Å². The van der Waals surface area contributed by atoms with Crippen molar-refractivity contribution in [3.05, 3.63) is 65.9 Å². The van der Waals surface area contributed by atoms with Crippen molar-refractivity contribution in [2.24, 2.45) is 4.99 Å². The smallest absolute Gasteiger partial charge is 0.283 e. The first-order chi connectivity index (χ1) is 13.1. The molecule has 0 atom stereocenters. The van der Waals surface area contributed by atoms with Crippen molar-refractivity contribution >= 4 is 34.6 Å². The summed E-state index contributed by atoms with van der Waals surface area (Å²) in [7, 11) is 0. The Morgan fingerprint density at radius 1 is 1.11 bits per heavy atom. The minimum atomic E-state index is -0.0951. The molecule has 0 bridgehead atoms. The number of hydrogen-bond donors (Lipinski definition) is 0. The van der Waals surface area contributed by atoms with Crippen molar-refractivity contribution in [3.63, 3.8) is 0 Å². The number of carbonyl (C=O) groups excluding carboxylic acids is 1. The summed E-state index contributed by atoms with van der Waals surface area (Å²) >= 11 is 1.61. The standard InChI is InChI=1S/C22H24N2O2S/c1-4-14-27-22-23-20(21(25)24(22)18-8-6-5-7-9-18)15-17-10-12-19(13-11-17)26-16(2)3/h5-13,15-16H,4,14H2,1-3H3/b20-15+. The molecule has 27 heavy (non-hydrogen) atoms. The van der Waals surface area contributed by atoms with Gasteiger partial charge in [-0.05, 0) is 56.2 Å². The molecule has 0 unspecified atom stereocenters. The molecule has 1 aliphatic heterocycles. The molecule has 5 heteroatoms. The summed E-state index contributed by atoms with van der Waals surface area (Å²) in [5.41, 5.74) is 2.22. The third kappa shape index (κ3) is 4.80. The van der Waals surface area contributed by atoms with Gasteiger partial charge in [0, 0.05) is 5.75 Å². The number of ether oxygens (including phenoxy) is 1. The van der Waals surface area contributed by atoms with Gasteiger partial charge in [0.05, 0.1) is 11.8 Å². The van der Waals surface area contributed by atoms with Gasteiger partial charge in [-0.25, -0.2) is 4.99 Å². The number of rotatable bonds is 6. The Balaban J connectivity index is 1.87. The largest absolute Gasteiger partial charge is 0.491 e. The van der Waals surface area contributed by atoms with Crippen LogP contribution in [-0.2, 0) is 4.79 Å². The Bertz CT molecular complexity index is 842. The second kappa shape index (κ2) is 8.91. The lowest BCUT2D eigenvalue weighted by molar-refractivity contribution is -0.113. The zero-order valence-electron chi connectivity index (χ0n) is 15.9. The molecule has 0 fully saturated rings.